The minimum Gasteiger partial charge on any atom is -0.444 e. The van der Waals surface area contributed by atoms with Crippen LogP contribution in [-0.4, -0.2) is 68.7 Å². The maximum atomic E-state index is 11.5. The summed E-state index contributed by atoms with van der Waals surface area (Å²) in [6.07, 6.45) is 0.292. The molecule has 0 rings (SSSR count). The number of nitrogens with zero attached hydrogens (tertiary/aromatic N) is 2. The van der Waals surface area contributed by atoms with Crippen LogP contribution in [0.1, 0.15) is 34.1 Å². The molecule has 8 heteroatoms. The summed E-state index contributed by atoms with van der Waals surface area (Å²) in [5.41, 5.74) is -0.494. The molecule has 0 aliphatic heterocycles. The van der Waals surface area contributed by atoms with E-state index in [4.69, 9.17) is 4.74 Å². The van der Waals surface area contributed by atoms with Gasteiger partial charge < -0.3 is 25.6 Å². The highest BCUT2D eigenvalue weighted by atomic mass is 16.6. The van der Waals surface area contributed by atoms with Gasteiger partial charge in [-0.05, 0) is 34.1 Å². The second-order valence-electron chi connectivity index (χ2n) is 6.19. The summed E-state index contributed by atoms with van der Waals surface area (Å²) < 4.78 is 5.14. The molecular formula is C15H31N5O3. The van der Waals surface area contributed by atoms with E-state index in [9.17, 15) is 9.59 Å². The number of nitrogens with one attached hydrogen (secondary N) is 3. The van der Waals surface area contributed by atoms with E-state index in [2.05, 4.69) is 20.9 Å². The molecule has 0 aliphatic rings. The second kappa shape index (κ2) is 10.7. The summed E-state index contributed by atoms with van der Waals surface area (Å²) >= 11 is 0. The van der Waals surface area contributed by atoms with Crippen LogP contribution in [0.2, 0.25) is 0 Å². The third-order valence-electron chi connectivity index (χ3n) is 2.53. The Morgan fingerprint density at radius 2 is 1.70 bits per heavy atom. The van der Waals surface area contributed by atoms with Crippen molar-refractivity contribution in [2.75, 3.05) is 40.3 Å². The smallest absolute Gasteiger partial charge is 0.407 e. The molecule has 0 bridgehead atoms. The zero-order valence-corrected chi connectivity index (χ0v) is 15.2. The van der Waals surface area contributed by atoms with Crippen LogP contribution in [0.4, 0.5) is 4.79 Å². The van der Waals surface area contributed by atoms with Crippen LogP contribution in [0.3, 0.4) is 0 Å². The Bertz CT molecular complexity index is 402. The molecule has 0 heterocycles. The number of amides is 2. The SMILES string of the molecule is CCNC(=NCC(=O)N(C)C)NCCCNC(=O)OC(C)(C)C. The molecule has 0 saturated carbocycles. The van der Waals surface area contributed by atoms with Crippen LogP contribution in [0.5, 0.6) is 0 Å². The lowest BCUT2D eigenvalue weighted by Gasteiger charge is -2.19. The highest BCUT2D eigenvalue weighted by Crippen LogP contribution is 2.06. The van der Waals surface area contributed by atoms with E-state index in [-0.39, 0.29) is 12.5 Å². The van der Waals surface area contributed by atoms with Gasteiger partial charge in [0, 0.05) is 33.7 Å². The highest BCUT2D eigenvalue weighted by Gasteiger charge is 2.15. The zero-order valence-electron chi connectivity index (χ0n) is 15.2. The fourth-order valence-electron chi connectivity index (χ4n) is 1.43. The Hall–Kier alpha value is -1.99. The van der Waals surface area contributed by atoms with Gasteiger partial charge in [-0.2, -0.15) is 0 Å². The number of carbonyl (C=O) groups is 2. The lowest BCUT2D eigenvalue weighted by Crippen LogP contribution is -2.40. The largest absolute Gasteiger partial charge is 0.444 e. The average Bonchev–Trinajstić information content (AvgIpc) is 2.41. The van der Waals surface area contributed by atoms with Crippen LogP contribution in [-0.2, 0) is 9.53 Å². The standard InChI is InChI=1S/C15H31N5O3/c1-7-16-13(19-11-12(21)20(5)6)17-9-8-10-18-14(22)23-15(2,3)4/h7-11H2,1-6H3,(H,18,22)(H2,16,17,19). The van der Waals surface area contributed by atoms with E-state index in [1.54, 1.807) is 14.1 Å². The van der Waals surface area contributed by atoms with Crippen LogP contribution in [0.15, 0.2) is 4.99 Å². The normalized spacial score (nSPS) is 11.7. The third kappa shape index (κ3) is 12.3. The van der Waals surface area contributed by atoms with Gasteiger partial charge in [-0.15, -0.1) is 0 Å². The predicted molar refractivity (Wildman–Crippen MR) is 91.5 cm³/mol. The van der Waals surface area contributed by atoms with E-state index < -0.39 is 11.7 Å². The molecular weight excluding hydrogens is 298 g/mol. The quantitative estimate of drug-likeness (QED) is 0.360. The van der Waals surface area contributed by atoms with E-state index in [0.717, 1.165) is 0 Å². The fourth-order valence-corrected chi connectivity index (χ4v) is 1.43. The van der Waals surface area contributed by atoms with E-state index in [0.29, 0.717) is 32.0 Å². The molecule has 0 atom stereocenters. The lowest BCUT2D eigenvalue weighted by molar-refractivity contribution is -0.127. The first-order chi connectivity index (χ1) is 10.7. The molecule has 23 heavy (non-hydrogen) atoms. The van der Waals surface area contributed by atoms with Crippen molar-refractivity contribution in [3.63, 3.8) is 0 Å². The number of likely N-dealkylation sites (N-methyl/N-ethyl adjacent to an activating group) is 1. The number of hydrogen-bond donors (Lipinski definition) is 3. The minimum atomic E-state index is -0.494. The first kappa shape index (κ1) is 21.0. The minimum absolute atomic E-state index is 0.0613. The predicted octanol–water partition coefficient (Wildman–Crippen LogP) is 0.545. The van der Waals surface area contributed by atoms with Crippen molar-refractivity contribution in [1.29, 1.82) is 0 Å². The number of alkyl carbamates (subject to hydrolysis) is 1. The monoisotopic (exact) mass is 329 g/mol. The van der Waals surface area contributed by atoms with Gasteiger partial charge in [0.1, 0.15) is 12.1 Å². The van der Waals surface area contributed by atoms with E-state index >= 15 is 0 Å². The first-order valence-electron chi connectivity index (χ1n) is 7.85. The van der Waals surface area contributed by atoms with Gasteiger partial charge in [0.25, 0.3) is 0 Å². The Kier molecular flexibility index (Phi) is 9.76. The Morgan fingerprint density at radius 1 is 1.09 bits per heavy atom. The van der Waals surface area contributed by atoms with Crippen LogP contribution in [0, 0.1) is 0 Å². The molecule has 0 aromatic rings. The molecule has 0 unspecified atom stereocenters. The number of aliphatic imine (C=N–C) groups is 1. The molecule has 0 radical (unpaired) electrons. The summed E-state index contributed by atoms with van der Waals surface area (Å²) in [5, 5.41) is 8.86. The summed E-state index contributed by atoms with van der Waals surface area (Å²) in [6.45, 7) is 9.34. The average molecular weight is 329 g/mol. The number of rotatable bonds is 7. The lowest BCUT2D eigenvalue weighted by atomic mass is 10.2. The highest BCUT2D eigenvalue weighted by molar-refractivity contribution is 5.84. The molecule has 0 aromatic heterocycles. The third-order valence-corrected chi connectivity index (χ3v) is 2.53. The van der Waals surface area contributed by atoms with Gasteiger partial charge in [-0.3, -0.25) is 4.79 Å². The maximum absolute atomic E-state index is 11.5. The van der Waals surface area contributed by atoms with Crippen molar-refractivity contribution in [1.82, 2.24) is 20.9 Å². The summed E-state index contributed by atoms with van der Waals surface area (Å²) in [4.78, 5) is 28.7. The summed E-state index contributed by atoms with van der Waals surface area (Å²) in [7, 11) is 3.39. The van der Waals surface area contributed by atoms with Gasteiger partial charge in [-0.25, -0.2) is 9.79 Å². The van der Waals surface area contributed by atoms with Gasteiger partial charge in [0.15, 0.2) is 5.96 Å². The Morgan fingerprint density at radius 3 is 2.22 bits per heavy atom. The van der Waals surface area contributed by atoms with Gasteiger partial charge in [-0.1, -0.05) is 0 Å². The van der Waals surface area contributed by atoms with Crippen LogP contribution >= 0.6 is 0 Å². The molecule has 0 fully saturated rings. The van der Waals surface area contributed by atoms with Gasteiger partial charge >= 0.3 is 6.09 Å². The molecule has 0 aromatic carbocycles. The molecule has 8 nitrogen and oxygen atoms in total. The molecule has 2 amide bonds. The topological polar surface area (TPSA) is 95.1 Å². The molecule has 0 spiro atoms. The van der Waals surface area contributed by atoms with Crippen molar-refractivity contribution in [2.45, 2.75) is 39.7 Å². The Labute approximate surface area is 139 Å². The van der Waals surface area contributed by atoms with Crippen molar-refractivity contribution >= 4 is 18.0 Å². The van der Waals surface area contributed by atoms with Crippen molar-refractivity contribution in [3.8, 4) is 0 Å². The molecule has 134 valence electrons. The fraction of sp³-hybridized carbons (Fsp3) is 0.800. The van der Waals surface area contributed by atoms with Crippen molar-refractivity contribution in [2.24, 2.45) is 4.99 Å². The molecule has 0 aliphatic carbocycles. The Balaban J connectivity index is 4.03. The van der Waals surface area contributed by atoms with Crippen LogP contribution < -0.4 is 16.0 Å². The van der Waals surface area contributed by atoms with Gasteiger partial charge in [0.2, 0.25) is 5.91 Å². The van der Waals surface area contributed by atoms with Crippen molar-refractivity contribution < 1.29 is 14.3 Å². The maximum Gasteiger partial charge on any atom is 0.407 e. The first-order valence-corrected chi connectivity index (χ1v) is 7.85. The summed E-state index contributed by atoms with van der Waals surface area (Å²) in [5.74, 6) is 0.522. The van der Waals surface area contributed by atoms with E-state index in [1.807, 2.05) is 27.7 Å². The number of hydrogen-bond acceptors (Lipinski definition) is 4. The number of carbonyl (C=O) groups excluding carboxylic acids is 2. The zero-order chi connectivity index (χ0) is 17.9. The summed E-state index contributed by atoms with van der Waals surface area (Å²) in [6, 6.07) is 0. The number of ether oxygens (including phenoxy) is 1. The van der Waals surface area contributed by atoms with Crippen LogP contribution in [0.25, 0.3) is 0 Å². The molecule has 3 N–H and O–H groups in total. The van der Waals surface area contributed by atoms with E-state index in [1.165, 1.54) is 4.90 Å². The van der Waals surface area contributed by atoms with Gasteiger partial charge in [0.05, 0.1) is 0 Å². The molecule has 0 saturated heterocycles. The second-order valence-corrected chi connectivity index (χ2v) is 6.19. The number of guanidine groups is 1. The van der Waals surface area contributed by atoms with Crippen molar-refractivity contribution in [3.05, 3.63) is 0 Å².